The third-order valence-electron chi connectivity index (χ3n) is 2.70. The van der Waals surface area contributed by atoms with Crippen molar-refractivity contribution >= 4 is 31.6 Å². The highest BCUT2D eigenvalue weighted by molar-refractivity contribution is 9.10. The number of hydrogen-bond donors (Lipinski definition) is 2. The number of likely N-dealkylation sites (N-methyl/N-ethyl adjacent to an activating group) is 1. The first-order valence-electron chi connectivity index (χ1n) is 5.45. The van der Waals surface area contributed by atoms with Gasteiger partial charge in [-0.1, -0.05) is 0 Å². The number of benzene rings is 1. The SMILES string of the molecule is CC(CNS(=O)(=O)c1ccc(N)cc1Br)N(C)C. The van der Waals surface area contributed by atoms with Crippen LogP contribution >= 0.6 is 15.9 Å². The van der Waals surface area contributed by atoms with Crippen molar-refractivity contribution in [1.29, 1.82) is 0 Å². The molecule has 0 amide bonds. The van der Waals surface area contributed by atoms with E-state index in [0.717, 1.165) is 0 Å². The van der Waals surface area contributed by atoms with Crippen molar-refractivity contribution in [2.45, 2.75) is 17.9 Å². The molecule has 0 aliphatic rings. The van der Waals surface area contributed by atoms with E-state index in [0.29, 0.717) is 16.7 Å². The molecule has 0 bridgehead atoms. The summed E-state index contributed by atoms with van der Waals surface area (Å²) < 4.78 is 27.2. The van der Waals surface area contributed by atoms with Crippen LogP contribution in [0.25, 0.3) is 0 Å². The molecule has 1 aromatic carbocycles. The summed E-state index contributed by atoms with van der Waals surface area (Å²) in [4.78, 5) is 2.14. The predicted molar refractivity (Wildman–Crippen MR) is 76.9 cm³/mol. The van der Waals surface area contributed by atoms with Gasteiger partial charge in [-0.05, 0) is 55.1 Å². The topological polar surface area (TPSA) is 75.4 Å². The zero-order valence-corrected chi connectivity index (χ0v) is 13.0. The molecule has 0 radical (unpaired) electrons. The molecule has 0 spiro atoms. The van der Waals surface area contributed by atoms with Gasteiger partial charge in [0.2, 0.25) is 10.0 Å². The molecule has 5 nitrogen and oxygen atoms in total. The molecule has 102 valence electrons. The van der Waals surface area contributed by atoms with E-state index in [-0.39, 0.29) is 10.9 Å². The van der Waals surface area contributed by atoms with Gasteiger partial charge in [-0.15, -0.1) is 0 Å². The molecule has 1 unspecified atom stereocenters. The minimum atomic E-state index is -3.52. The first-order valence-corrected chi connectivity index (χ1v) is 7.73. The normalized spacial score (nSPS) is 13.8. The average Bonchev–Trinajstić information content (AvgIpc) is 2.25. The summed E-state index contributed by atoms with van der Waals surface area (Å²) in [5, 5.41) is 0. The molecule has 0 aliphatic carbocycles. The van der Waals surface area contributed by atoms with E-state index in [1.54, 1.807) is 12.1 Å². The molecule has 7 heteroatoms. The van der Waals surface area contributed by atoms with Crippen LogP contribution in [-0.4, -0.2) is 40.0 Å². The number of nitrogens with two attached hydrogens (primary N) is 1. The van der Waals surface area contributed by atoms with E-state index < -0.39 is 10.0 Å². The average molecular weight is 336 g/mol. The highest BCUT2D eigenvalue weighted by Gasteiger charge is 2.18. The van der Waals surface area contributed by atoms with Crippen LogP contribution < -0.4 is 10.5 Å². The summed E-state index contributed by atoms with van der Waals surface area (Å²) >= 11 is 3.21. The van der Waals surface area contributed by atoms with Crippen molar-refractivity contribution in [2.24, 2.45) is 0 Å². The minimum Gasteiger partial charge on any atom is -0.399 e. The number of nitrogen functional groups attached to an aromatic ring is 1. The molecule has 18 heavy (non-hydrogen) atoms. The number of halogens is 1. The maximum absolute atomic E-state index is 12.1. The molecule has 0 aliphatic heterocycles. The van der Waals surface area contributed by atoms with Gasteiger partial charge in [-0.25, -0.2) is 13.1 Å². The first-order chi connectivity index (χ1) is 8.24. The number of anilines is 1. The second kappa shape index (κ2) is 6.01. The van der Waals surface area contributed by atoms with Gasteiger partial charge in [0.1, 0.15) is 0 Å². The second-order valence-corrected chi connectivity index (χ2v) is 6.94. The highest BCUT2D eigenvalue weighted by Crippen LogP contribution is 2.23. The van der Waals surface area contributed by atoms with E-state index in [9.17, 15) is 8.42 Å². The Morgan fingerprint density at radius 1 is 1.44 bits per heavy atom. The van der Waals surface area contributed by atoms with Crippen molar-refractivity contribution in [3.8, 4) is 0 Å². The van der Waals surface area contributed by atoms with E-state index in [2.05, 4.69) is 20.7 Å². The maximum Gasteiger partial charge on any atom is 0.241 e. The summed E-state index contributed by atoms with van der Waals surface area (Å²) in [6.45, 7) is 2.30. The van der Waals surface area contributed by atoms with Crippen molar-refractivity contribution < 1.29 is 8.42 Å². The fraction of sp³-hybridized carbons (Fsp3) is 0.455. The molecular weight excluding hydrogens is 318 g/mol. The van der Waals surface area contributed by atoms with Crippen molar-refractivity contribution in [3.63, 3.8) is 0 Å². The predicted octanol–water partition coefficient (Wildman–Crippen LogP) is 1.26. The number of nitrogens with zero attached hydrogens (tertiary/aromatic N) is 1. The fourth-order valence-corrected chi connectivity index (χ4v) is 3.44. The molecule has 1 aromatic rings. The van der Waals surface area contributed by atoms with E-state index >= 15 is 0 Å². The van der Waals surface area contributed by atoms with Crippen LogP contribution in [0.2, 0.25) is 0 Å². The van der Waals surface area contributed by atoms with Gasteiger partial charge in [0.15, 0.2) is 0 Å². The first kappa shape index (κ1) is 15.4. The second-order valence-electron chi connectivity index (χ2n) is 4.35. The van der Waals surface area contributed by atoms with Crippen LogP contribution in [0.1, 0.15) is 6.92 Å². The third kappa shape index (κ3) is 3.94. The van der Waals surface area contributed by atoms with Gasteiger partial charge >= 0.3 is 0 Å². The smallest absolute Gasteiger partial charge is 0.241 e. The van der Waals surface area contributed by atoms with Crippen molar-refractivity contribution in [2.75, 3.05) is 26.4 Å². The number of nitrogens with one attached hydrogen (secondary N) is 1. The molecule has 0 aromatic heterocycles. The lowest BCUT2D eigenvalue weighted by Crippen LogP contribution is -2.38. The van der Waals surface area contributed by atoms with Gasteiger partial charge in [-0.2, -0.15) is 0 Å². The Labute approximate surface area is 117 Å². The number of hydrogen-bond acceptors (Lipinski definition) is 4. The van der Waals surface area contributed by atoms with Gasteiger partial charge in [0, 0.05) is 22.7 Å². The van der Waals surface area contributed by atoms with Crippen molar-refractivity contribution in [1.82, 2.24) is 9.62 Å². The van der Waals surface area contributed by atoms with Crippen molar-refractivity contribution in [3.05, 3.63) is 22.7 Å². The molecule has 0 heterocycles. The molecule has 0 saturated carbocycles. The summed E-state index contributed by atoms with van der Waals surface area (Å²) in [5.74, 6) is 0. The third-order valence-corrected chi connectivity index (χ3v) is 5.10. The molecular formula is C11H18BrN3O2S. The fourth-order valence-electron chi connectivity index (χ4n) is 1.23. The van der Waals surface area contributed by atoms with Crippen LogP contribution in [0, 0.1) is 0 Å². The van der Waals surface area contributed by atoms with Crippen LogP contribution in [0.4, 0.5) is 5.69 Å². The largest absolute Gasteiger partial charge is 0.399 e. The van der Waals surface area contributed by atoms with Gasteiger partial charge in [0.05, 0.1) is 4.90 Å². The van der Waals surface area contributed by atoms with E-state index in [4.69, 9.17) is 5.73 Å². The summed E-state index contributed by atoms with van der Waals surface area (Å²) in [5.41, 5.74) is 6.10. The number of rotatable bonds is 5. The molecule has 1 atom stereocenters. The monoisotopic (exact) mass is 335 g/mol. The number of sulfonamides is 1. The van der Waals surface area contributed by atoms with Crippen LogP contribution in [-0.2, 0) is 10.0 Å². The minimum absolute atomic E-state index is 0.118. The Hall–Kier alpha value is -0.630. The summed E-state index contributed by atoms with van der Waals surface area (Å²) in [6, 6.07) is 4.74. The molecule has 0 fully saturated rings. The van der Waals surface area contributed by atoms with Gasteiger partial charge in [0.25, 0.3) is 0 Å². The van der Waals surface area contributed by atoms with Crippen LogP contribution in [0.3, 0.4) is 0 Å². The lowest BCUT2D eigenvalue weighted by molar-refractivity contribution is 0.314. The molecule has 0 saturated heterocycles. The van der Waals surface area contributed by atoms with Gasteiger partial charge < -0.3 is 10.6 Å². The van der Waals surface area contributed by atoms with Crippen LogP contribution in [0.5, 0.6) is 0 Å². The summed E-state index contributed by atoms with van der Waals surface area (Å²) in [7, 11) is 0.286. The summed E-state index contributed by atoms with van der Waals surface area (Å²) in [6.07, 6.45) is 0. The molecule has 3 N–H and O–H groups in total. The zero-order valence-electron chi connectivity index (χ0n) is 10.6. The lowest BCUT2D eigenvalue weighted by Gasteiger charge is -2.20. The Morgan fingerprint density at radius 2 is 2.06 bits per heavy atom. The highest BCUT2D eigenvalue weighted by atomic mass is 79.9. The quantitative estimate of drug-likeness (QED) is 0.794. The van der Waals surface area contributed by atoms with Crippen LogP contribution in [0.15, 0.2) is 27.6 Å². The lowest BCUT2D eigenvalue weighted by atomic mass is 10.3. The Kier molecular flexibility index (Phi) is 5.15. The maximum atomic E-state index is 12.1. The van der Waals surface area contributed by atoms with E-state index in [1.807, 2.05) is 25.9 Å². The Balaban J connectivity index is 2.87. The zero-order chi connectivity index (χ0) is 13.9. The Bertz CT molecular complexity index is 517. The molecule has 1 rings (SSSR count). The van der Waals surface area contributed by atoms with Gasteiger partial charge in [-0.3, -0.25) is 0 Å². The standard InChI is InChI=1S/C11H18BrN3O2S/c1-8(15(2)3)7-14-18(16,17)11-5-4-9(13)6-10(11)12/h4-6,8,14H,7,13H2,1-3H3. The van der Waals surface area contributed by atoms with E-state index in [1.165, 1.54) is 6.07 Å². The Morgan fingerprint density at radius 3 is 2.56 bits per heavy atom.